The van der Waals surface area contributed by atoms with E-state index in [0.29, 0.717) is 31.5 Å². The third-order valence-electron chi connectivity index (χ3n) is 4.29. The first-order valence-corrected chi connectivity index (χ1v) is 8.74. The number of urea groups is 1. The number of rotatable bonds is 7. The van der Waals surface area contributed by atoms with Crippen LogP contribution in [0.2, 0.25) is 0 Å². The molecule has 2 aromatic rings. The summed E-state index contributed by atoms with van der Waals surface area (Å²) in [7, 11) is 0. The topological polar surface area (TPSA) is 82.2 Å². The molecule has 138 valence electrons. The van der Waals surface area contributed by atoms with Gasteiger partial charge in [0.2, 0.25) is 5.95 Å². The molecule has 1 aliphatic rings. The quantitative estimate of drug-likeness (QED) is 0.658. The highest BCUT2D eigenvalue weighted by atomic mass is 19.1. The van der Waals surface area contributed by atoms with Crippen molar-refractivity contribution in [3.8, 4) is 0 Å². The number of nitrogens with one attached hydrogen (secondary N) is 3. The van der Waals surface area contributed by atoms with Gasteiger partial charge in [-0.05, 0) is 42.7 Å². The zero-order chi connectivity index (χ0) is 18.2. The minimum absolute atomic E-state index is 0.180. The van der Waals surface area contributed by atoms with Crippen LogP contribution in [-0.2, 0) is 0 Å². The Morgan fingerprint density at radius 1 is 1.15 bits per heavy atom. The van der Waals surface area contributed by atoms with Gasteiger partial charge >= 0.3 is 6.03 Å². The molecule has 3 N–H and O–H groups in total. The van der Waals surface area contributed by atoms with Crippen molar-refractivity contribution in [3.63, 3.8) is 0 Å². The van der Waals surface area contributed by atoms with Gasteiger partial charge in [-0.25, -0.2) is 19.2 Å². The Kier molecular flexibility index (Phi) is 6.19. The normalized spacial score (nSPS) is 16.3. The molecule has 3 rings (SSSR count). The summed E-state index contributed by atoms with van der Waals surface area (Å²) in [5, 5.41) is 8.74. The van der Waals surface area contributed by atoms with Crippen molar-refractivity contribution in [1.29, 1.82) is 0 Å². The number of hydrogen-bond donors (Lipinski definition) is 3. The SMILES string of the molecule is O=C(NCCNc1ncccn1)NC[C@@H]1CCN(c2ccc(F)cc2)C1. The molecule has 8 heteroatoms. The van der Waals surface area contributed by atoms with Crippen molar-refractivity contribution in [2.24, 2.45) is 5.92 Å². The lowest BCUT2D eigenvalue weighted by atomic mass is 10.1. The number of carbonyl (C=O) groups is 1. The first-order chi connectivity index (χ1) is 12.7. The molecule has 7 nitrogen and oxygen atoms in total. The van der Waals surface area contributed by atoms with Crippen molar-refractivity contribution >= 4 is 17.7 Å². The number of hydrogen-bond acceptors (Lipinski definition) is 5. The lowest BCUT2D eigenvalue weighted by Crippen LogP contribution is -2.40. The van der Waals surface area contributed by atoms with Gasteiger partial charge in [-0.2, -0.15) is 0 Å². The molecule has 1 aromatic heterocycles. The molecular weight excluding hydrogens is 335 g/mol. The molecule has 0 spiro atoms. The van der Waals surface area contributed by atoms with Crippen LogP contribution < -0.4 is 20.9 Å². The molecule has 0 bridgehead atoms. The van der Waals surface area contributed by atoms with Gasteiger partial charge in [-0.15, -0.1) is 0 Å². The van der Waals surface area contributed by atoms with E-state index in [9.17, 15) is 9.18 Å². The minimum Gasteiger partial charge on any atom is -0.371 e. The molecule has 0 unspecified atom stereocenters. The summed E-state index contributed by atoms with van der Waals surface area (Å²) in [5.41, 5.74) is 1.02. The summed E-state index contributed by atoms with van der Waals surface area (Å²) in [5.74, 6) is 0.708. The maximum absolute atomic E-state index is 13.0. The number of nitrogens with zero attached hydrogens (tertiary/aromatic N) is 3. The van der Waals surface area contributed by atoms with E-state index < -0.39 is 0 Å². The second-order valence-corrected chi connectivity index (χ2v) is 6.21. The fourth-order valence-electron chi connectivity index (χ4n) is 2.93. The molecule has 1 saturated heterocycles. The Labute approximate surface area is 152 Å². The average molecular weight is 358 g/mol. The largest absolute Gasteiger partial charge is 0.371 e. The molecule has 0 saturated carbocycles. The zero-order valence-electron chi connectivity index (χ0n) is 14.5. The van der Waals surface area contributed by atoms with Crippen LogP contribution in [0, 0.1) is 11.7 Å². The van der Waals surface area contributed by atoms with Crippen molar-refractivity contribution in [1.82, 2.24) is 20.6 Å². The monoisotopic (exact) mass is 358 g/mol. The molecular formula is C18H23FN6O. The summed E-state index contributed by atoms with van der Waals surface area (Å²) in [4.78, 5) is 22.2. The second-order valence-electron chi connectivity index (χ2n) is 6.21. The number of amides is 2. The Balaban J connectivity index is 1.30. The van der Waals surface area contributed by atoms with E-state index in [1.165, 1.54) is 12.1 Å². The molecule has 0 aliphatic carbocycles. The molecule has 0 radical (unpaired) electrons. The predicted molar refractivity (Wildman–Crippen MR) is 98.6 cm³/mol. The number of aromatic nitrogens is 2. The molecule has 1 aliphatic heterocycles. The van der Waals surface area contributed by atoms with E-state index >= 15 is 0 Å². The molecule has 1 fully saturated rings. The second kappa shape index (κ2) is 8.98. The van der Waals surface area contributed by atoms with Crippen LogP contribution in [0.4, 0.5) is 20.8 Å². The van der Waals surface area contributed by atoms with Crippen LogP contribution in [0.15, 0.2) is 42.7 Å². The highest BCUT2D eigenvalue weighted by molar-refractivity contribution is 5.73. The summed E-state index contributed by atoms with van der Waals surface area (Å²) in [6.45, 7) is 3.44. The number of benzene rings is 1. The van der Waals surface area contributed by atoms with Gasteiger partial charge in [0.25, 0.3) is 0 Å². The van der Waals surface area contributed by atoms with E-state index in [-0.39, 0.29) is 11.8 Å². The Morgan fingerprint density at radius 2 is 1.92 bits per heavy atom. The molecule has 1 atom stereocenters. The van der Waals surface area contributed by atoms with E-state index in [0.717, 1.165) is 25.2 Å². The molecule has 26 heavy (non-hydrogen) atoms. The van der Waals surface area contributed by atoms with Crippen LogP contribution in [0.5, 0.6) is 0 Å². The van der Waals surface area contributed by atoms with Crippen LogP contribution in [0.25, 0.3) is 0 Å². The summed E-state index contributed by atoms with van der Waals surface area (Å²) >= 11 is 0. The fraction of sp³-hybridized carbons (Fsp3) is 0.389. The summed E-state index contributed by atoms with van der Waals surface area (Å²) in [6.07, 6.45) is 4.32. The Hall–Kier alpha value is -2.90. The fourth-order valence-corrected chi connectivity index (χ4v) is 2.93. The molecule has 2 amide bonds. The minimum atomic E-state index is -0.226. The predicted octanol–water partition coefficient (Wildman–Crippen LogP) is 1.85. The summed E-state index contributed by atoms with van der Waals surface area (Å²) < 4.78 is 13.0. The smallest absolute Gasteiger partial charge is 0.314 e. The van der Waals surface area contributed by atoms with Crippen LogP contribution in [-0.4, -0.2) is 48.7 Å². The third kappa shape index (κ3) is 5.30. The molecule has 2 heterocycles. The lowest BCUT2D eigenvalue weighted by Gasteiger charge is -2.19. The van der Waals surface area contributed by atoms with Crippen molar-refractivity contribution in [2.75, 3.05) is 42.9 Å². The first kappa shape index (κ1) is 17.9. The third-order valence-corrected chi connectivity index (χ3v) is 4.29. The van der Waals surface area contributed by atoms with E-state index in [1.807, 2.05) is 0 Å². The highest BCUT2D eigenvalue weighted by Crippen LogP contribution is 2.23. The maximum Gasteiger partial charge on any atom is 0.314 e. The van der Waals surface area contributed by atoms with Crippen LogP contribution in [0.1, 0.15) is 6.42 Å². The Bertz CT molecular complexity index is 697. The number of anilines is 2. The Morgan fingerprint density at radius 3 is 2.69 bits per heavy atom. The highest BCUT2D eigenvalue weighted by Gasteiger charge is 2.23. The lowest BCUT2D eigenvalue weighted by molar-refractivity contribution is 0.239. The van der Waals surface area contributed by atoms with Gasteiger partial charge < -0.3 is 20.9 Å². The van der Waals surface area contributed by atoms with E-state index in [2.05, 4.69) is 30.8 Å². The van der Waals surface area contributed by atoms with Crippen molar-refractivity contribution in [3.05, 3.63) is 48.5 Å². The van der Waals surface area contributed by atoms with Gasteiger partial charge in [0, 0.05) is 50.8 Å². The van der Waals surface area contributed by atoms with E-state index in [1.54, 1.807) is 30.6 Å². The van der Waals surface area contributed by atoms with Gasteiger partial charge in [0.1, 0.15) is 5.82 Å². The van der Waals surface area contributed by atoms with Crippen molar-refractivity contribution < 1.29 is 9.18 Å². The average Bonchev–Trinajstić information content (AvgIpc) is 3.14. The van der Waals surface area contributed by atoms with Crippen LogP contribution >= 0.6 is 0 Å². The molecule has 1 aromatic carbocycles. The van der Waals surface area contributed by atoms with Crippen molar-refractivity contribution in [2.45, 2.75) is 6.42 Å². The van der Waals surface area contributed by atoms with Gasteiger partial charge in [0.05, 0.1) is 0 Å². The first-order valence-electron chi connectivity index (χ1n) is 8.74. The van der Waals surface area contributed by atoms with Crippen LogP contribution in [0.3, 0.4) is 0 Å². The maximum atomic E-state index is 13.0. The van der Waals surface area contributed by atoms with Gasteiger partial charge in [0.15, 0.2) is 0 Å². The van der Waals surface area contributed by atoms with Gasteiger partial charge in [-0.1, -0.05) is 0 Å². The number of carbonyl (C=O) groups excluding carboxylic acids is 1. The number of halogens is 1. The standard InChI is InChI=1S/C18H23FN6O/c19-15-2-4-16(5-3-15)25-11-6-14(13-25)12-24-18(26)23-10-9-22-17-20-7-1-8-21-17/h1-5,7-8,14H,6,9-13H2,(H,20,21,22)(H2,23,24,26)/t14-/m0/s1. The zero-order valence-corrected chi connectivity index (χ0v) is 14.5. The van der Waals surface area contributed by atoms with E-state index in [4.69, 9.17) is 0 Å². The van der Waals surface area contributed by atoms with Gasteiger partial charge in [-0.3, -0.25) is 0 Å². The summed E-state index contributed by atoms with van der Waals surface area (Å²) in [6, 6.07) is 8.10.